The van der Waals surface area contributed by atoms with E-state index in [1.54, 1.807) is 0 Å². The monoisotopic (exact) mass is 355 g/mol. The van der Waals surface area contributed by atoms with Gasteiger partial charge in [0.15, 0.2) is 0 Å². The summed E-state index contributed by atoms with van der Waals surface area (Å²) in [5, 5.41) is 9.33. The molecule has 21 heavy (non-hydrogen) atoms. The minimum absolute atomic E-state index is 0.0357. The first-order valence-corrected chi connectivity index (χ1v) is 8.11. The normalized spacial score (nSPS) is 21.9. The van der Waals surface area contributed by atoms with Crippen LogP contribution in [0, 0.1) is 12.8 Å². The third kappa shape index (κ3) is 4.05. The number of carboxylic acid groups (broad SMARTS) is 1. The molecule has 0 aromatic heterocycles. The Balaban J connectivity index is 2.14. The quantitative estimate of drug-likeness (QED) is 0.851. The van der Waals surface area contributed by atoms with Gasteiger partial charge in [-0.25, -0.2) is 0 Å². The second-order valence-corrected chi connectivity index (χ2v) is 6.46. The molecule has 1 aliphatic rings. The number of nitrogens with zero attached hydrogens (tertiary/aromatic N) is 1. The number of carboxylic acids is 1. The number of aryl methyl sites for hydroxylation is 1. The lowest BCUT2D eigenvalue weighted by molar-refractivity contribution is -0.143. The van der Waals surface area contributed by atoms with Crippen molar-refractivity contribution in [2.24, 2.45) is 5.92 Å². The zero-order valence-electron chi connectivity index (χ0n) is 12.5. The largest absolute Gasteiger partial charge is 0.481 e. The van der Waals surface area contributed by atoms with Crippen molar-refractivity contribution in [1.82, 2.24) is 4.90 Å². The van der Waals surface area contributed by atoms with Crippen molar-refractivity contribution in [3.63, 3.8) is 0 Å². The second kappa shape index (κ2) is 7.38. The minimum atomic E-state index is -0.759. The molecule has 0 amide bonds. The summed E-state index contributed by atoms with van der Waals surface area (Å²) < 4.78 is 6.51. The molecular weight excluding hydrogens is 334 g/mol. The van der Waals surface area contributed by atoms with Gasteiger partial charge in [0.25, 0.3) is 0 Å². The van der Waals surface area contributed by atoms with Gasteiger partial charge in [0.1, 0.15) is 0 Å². The topological polar surface area (TPSA) is 49.8 Å². The molecular formula is C16H22BrNO3. The number of halogens is 1. The van der Waals surface area contributed by atoms with Crippen LogP contribution in [0.25, 0.3) is 0 Å². The van der Waals surface area contributed by atoms with E-state index in [2.05, 4.69) is 52.9 Å². The fourth-order valence-corrected chi connectivity index (χ4v) is 3.07. The van der Waals surface area contributed by atoms with Gasteiger partial charge in [0.05, 0.1) is 19.1 Å². The van der Waals surface area contributed by atoms with Crippen molar-refractivity contribution >= 4 is 21.9 Å². The summed E-state index contributed by atoms with van der Waals surface area (Å²) in [6, 6.07) is 6.25. The van der Waals surface area contributed by atoms with Crippen molar-refractivity contribution in [3.05, 3.63) is 33.8 Å². The molecule has 4 nitrogen and oxygen atoms in total. The maximum atomic E-state index is 11.4. The standard InChI is InChI=1S/C16H22BrNO3/c1-3-6-18(15-10-21-9-13(15)16(19)20)8-12-4-5-14(17)11(2)7-12/h4-5,7,13,15H,3,6,8-10H2,1-2H3,(H,19,20). The molecule has 1 N–H and O–H groups in total. The SMILES string of the molecule is CCCN(Cc1ccc(Br)c(C)c1)C1COCC1C(=O)O. The van der Waals surface area contributed by atoms with Crippen LogP contribution in [0.4, 0.5) is 0 Å². The number of benzene rings is 1. The summed E-state index contributed by atoms with van der Waals surface area (Å²) in [4.78, 5) is 13.6. The minimum Gasteiger partial charge on any atom is -0.481 e. The van der Waals surface area contributed by atoms with Crippen LogP contribution in [-0.2, 0) is 16.1 Å². The van der Waals surface area contributed by atoms with Gasteiger partial charge in [-0.2, -0.15) is 0 Å². The highest BCUT2D eigenvalue weighted by molar-refractivity contribution is 9.10. The highest BCUT2D eigenvalue weighted by Gasteiger charge is 2.37. The fraction of sp³-hybridized carbons (Fsp3) is 0.562. The first-order valence-electron chi connectivity index (χ1n) is 7.32. The number of ether oxygens (including phenoxy) is 1. The molecule has 2 atom stereocenters. The Morgan fingerprint density at radius 1 is 1.48 bits per heavy atom. The van der Waals surface area contributed by atoms with Crippen LogP contribution >= 0.6 is 15.9 Å². The molecule has 1 saturated heterocycles. The molecule has 1 aliphatic heterocycles. The molecule has 5 heteroatoms. The summed E-state index contributed by atoms with van der Waals surface area (Å²) in [7, 11) is 0. The maximum absolute atomic E-state index is 11.4. The molecule has 2 rings (SSSR count). The summed E-state index contributed by atoms with van der Waals surface area (Å²) in [5.74, 6) is -1.18. The first-order chi connectivity index (χ1) is 10.0. The molecule has 0 bridgehead atoms. The highest BCUT2D eigenvalue weighted by Crippen LogP contribution is 2.24. The summed E-state index contributed by atoms with van der Waals surface area (Å²) >= 11 is 3.51. The van der Waals surface area contributed by atoms with Gasteiger partial charge in [-0.1, -0.05) is 35.0 Å². The molecule has 0 saturated carbocycles. The molecule has 0 aliphatic carbocycles. The fourth-order valence-electron chi connectivity index (χ4n) is 2.83. The van der Waals surface area contributed by atoms with E-state index in [4.69, 9.17) is 4.74 Å². The first kappa shape index (κ1) is 16.5. The van der Waals surface area contributed by atoms with E-state index in [0.717, 1.165) is 24.0 Å². The van der Waals surface area contributed by atoms with Crippen molar-refractivity contribution in [1.29, 1.82) is 0 Å². The van der Waals surface area contributed by atoms with Gasteiger partial charge in [0.2, 0.25) is 0 Å². The predicted molar refractivity (Wildman–Crippen MR) is 85.3 cm³/mol. The highest BCUT2D eigenvalue weighted by atomic mass is 79.9. The van der Waals surface area contributed by atoms with E-state index in [0.29, 0.717) is 13.2 Å². The van der Waals surface area contributed by atoms with Gasteiger partial charge in [0, 0.05) is 17.1 Å². The Labute approximate surface area is 134 Å². The smallest absolute Gasteiger partial charge is 0.310 e. The van der Waals surface area contributed by atoms with Gasteiger partial charge >= 0.3 is 5.97 Å². The molecule has 1 aromatic carbocycles. The third-order valence-electron chi connectivity index (χ3n) is 3.96. The number of carbonyl (C=O) groups is 1. The third-order valence-corrected chi connectivity index (χ3v) is 4.85. The van der Waals surface area contributed by atoms with E-state index >= 15 is 0 Å². The van der Waals surface area contributed by atoms with Crippen LogP contribution in [0.3, 0.4) is 0 Å². The Bertz CT molecular complexity index is 506. The van der Waals surface area contributed by atoms with Crippen molar-refractivity contribution in [2.45, 2.75) is 32.9 Å². The zero-order chi connectivity index (χ0) is 15.4. The van der Waals surface area contributed by atoms with Crippen LogP contribution in [0.5, 0.6) is 0 Å². The Hall–Kier alpha value is -0.910. The lowest BCUT2D eigenvalue weighted by atomic mass is 10.0. The van der Waals surface area contributed by atoms with Crippen LogP contribution in [0.15, 0.2) is 22.7 Å². The molecule has 1 fully saturated rings. The predicted octanol–water partition coefficient (Wildman–Crippen LogP) is 3.07. The van der Waals surface area contributed by atoms with Crippen LogP contribution in [0.2, 0.25) is 0 Å². The van der Waals surface area contributed by atoms with Crippen molar-refractivity contribution in [2.75, 3.05) is 19.8 Å². The van der Waals surface area contributed by atoms with E-state index < -0.39 is 11.9 Å². The Morgan fingerprint density at radius 2 is 2.24 bits per heavy atom. The van der Waals surface area contributed by atoms with Crippen LogP contribution in [0.1, 0.15) is 24.5 Å². The second-order valence-electron chi connectivity index (χ2n) is 5.60. The number of hydrogen-bond acceptors (Lipinski definition) is 3. The average molecular weight is 356 g/mol. The molecule has 0 spiro atoms. The van der Waals surface area contributed by atoms with E-state index in [9.17, 15) is 9.90 Å². The zero-order valence-corrected chi connectivity index (χ0v) is 14.1. The average Bonchev–Trinajstić information content (AvgIpc) is 2.92. The Morgan fingerprint density at radius 3 is 2.86 bits per heavy atom. The Kier molecular flexibility index (Phi) is 5.79. The number of aliphatic carboxylic acids is 1. The van der Waals surface area contributed by atoms with Crippen molar-refractivity contribution in [3.8, 4) is 0 Å². The molecule has 0 radical (unpaired) electrons. The lowest BCUT2D eigenvalue weighted by Crippen LogP contribution is -2.43. The van der Waals surface area contributed by atoms with E-state index in [1.165, 1.54) is 11.1 Å². The summed E-state index contributed by atoms with van der Waals surface area (Å²) in [6.45, 7) is 6.65. The number of hydrogen-bond donors (Lipinski definition) is 1. The van der Waals surface area contributed by atoms with Crippen molar-refractivity contribution < 1.29 is 14.6 Å². The van der Waals surface area contributed by atoms with Gasteiger partial charge in [-0.3, -0.25) is 9.69 Å². The summed E-state index contributed by atoms with van der Waals surface area (Å²) in [6.07, 6.45) is 0.998. The lowest BCUT2D eigenvalue weighted by Gasteiger charge is -2.30. The van der Waals surface area contributed by atoms with Gasteiger partial charge < -0.3 is 9.84 Å². The molecule has 2 unspecified atom stereocenters. The van der Waals surface area contributed by atoms with E-state index in [-0.39, 0.29) is 6.04 Å². The van der Waals surface area contributed by atoms with Crippen LogP contribution in [-0.4, -0.2) is 41.8 Å². The van der Waals surface area contributed by atoms with Crippen LogP contribution < -0.4 is 0 Å². The van der Waals surface area contributed by atoms with Gasteiger partial charge in [-0.15, -0.1) is 0 Å². The summed E-state index contributed by atoms with van der Waals surface area (Å²) in [5.41, 5.74) is 2.40. The maximum Gasteiger partial charge on any atom is 0.310 e. The molecule has 1 heterocycles. The number of rotatable bonds is 6. The molecule has 1 aromatic rings. The molecule has 116 valence electrons. The van der Waals surface area contributed by atoms with E-state index in [1.807, 2.05) is 0 Å². The van der Waals surface area contributed by atoms with Gasteiger partial charge in [-0.05, 0) is 37.1 Å².